The van der Waals surface area contributed by atoms with Crippen LogP contribution in [0.5, 0.6) is 0 Å². The first-order valence-electron chi connectivity index (χ1n) is 6.22. The van der Waals surface area contributed by atoms with E-state index in [1.807, 2.05) is 4.72 Å². The van der Waals surface area contributed by atoms with Gasteiger partial charge in [-0.25, -0.2) is 13.1 Å². The summed E-state index contributed by atoms with van der Waals surface area (Å²) < 4.78 is 26.5. The molecule has 0 aromatic heterocycles. The van der Waals surface area contributed by atoms with Gasteiger partial charge in [-0.2, -0.15) is 0 Å². The average molecular weight is 313 g/mol. The lowest BCUT2D eigenvalue weighted by Crippen LogP contribution is -2.48. The molecule has 0 saturated carbocycles. The summed E-state index contributed by atoms with van der Waals surface area (Å²) in [5.41, 5.74) is 6.14. The van der Waals surface area contributed by atoms with Gasteiger partial charge in [0, 0.05) is 6.42 Å². The Hall–Kier alpha value is -1.93. The molecular formula is C13H17N2O5S-. The van der Waals surface area contributed by atoms with Gasteiger partial charge in [0.2, 0.25) is 15.9 Å². The van der Waals surface area contributed by atoms with Crippen molar-refractivity contribution in [2.24, 2.45) is 5.73 Å². The van der Waals surface area contributed by atoms with E-state index < -0.39 is 27.9 Å². The number of primary amides is 1. The predicted molar refractivity (Wildman–Crippen MR) is 73.5 cm³/mol. The Morgan fingerprint density at radius 2 is 1.95 bits per heavy atom. The number of benzene rings is 1. The van der Waals surface area contributed by atoms with Crippen LogP contribution in [0, 0.1) is 13.8 Å². The third-order valence-electron chi connectivity index (χ3n) is 2.89. The second-order valence-electron chi connectivity index (χ2n) is 4.77. The van der Waals surface area contributed by atoms with Gasteiger partial charge in [0.05, 0.1) is 16.9 Å². The number of carboxylic acids is 1. The summed E-state index contributed by atoms with van der Waals surface area (Å²) in [6.45, 7) is 3.33. The van der Waals surface area contributed by atoms with Crippen LogP contribution in [0.4, 0.5) is 0 Å². The minimum atomic E-state index is -4.03. The van der Waals surface area contributed by atoms with Crippen LogP contribution in [0.3, 0.4) is 0 Å². The maximum absolute atomic E-state index is 12.2. The van der Waals surface area contributed by atoms with Crippen molar-refractivity contribution in [1.29, 1.82) is 0 Å². The number of aryl methyl sites for hydroxylation is 2. The molecule has 116 valence electrons. The van der Waals surface area contributed by atoms with Crippen LogP contribution in [0.2, 0.25) is 0 Å². The van der Waals surface area contributed by atoms with Gasteiger partial charge in [0.1, 0.15) is 0 Å². The molecule has 7 nitrogen and oxygen atoms in total. The number of carbonyl (C=O) groups excluding carboxylic acids is 2. The number of hydrogen-bond donors (Lipinski definition) is 2. The molecule has 0 fully saturated rings. The van der Waals surface area contributed by atoms with E-state index >= 15 is 0 Å². The fraction of sp³-hybridized carbons (Fsp3) is 0.385. The first-order valence-corrected chi connectivity index (χ1v) is 7.70. The SMILES string of the molecule is Cc1ccc(C)c(S(=O)(=O)N[C@@H](CCC(N)=O)C(=O)[O-])c1. The molecule has 1 atom stereocenters. The smallest absolute Gasteiger partial charge is 0.241 e. The quantitative estimate of drug-likeness (QED) is 0.664. The van der Waals surface area contributed by atoms with E-state index in [1.165, 1.54) is 6.07 Å². The lowest BCUT2D eigenvalue weighted by molar-refractivity contribution is -0.308. The number of carbonyl (C=O) groups is 2. The Labute approximate surface area is 123 Å². The van der Waals surface area contributed by atoms with Crippen molar-refractivity contribution in [2.75, 3.05) is 0 Å². The molecule has 8 heteroatoms. The number of nitrogens with two attached hydrogens (primary N) is 1. The van der Waals surface area contributed by atoms with Gasteiger partial charge in [0.25, 0.3) is 0 Å². The van der Waals surface area contributed by atoms with E-state index in [0.717, 1.165) is 5.56 Å². The molecule has 0 spiro atoms. The van der Waals surface area contributed by atoms with Crippen LogP contribution in [-0.4, -0.2) is 26.3 Å². The molecule has 0 bridgehead atoms. The highest BCUT2D eigenvalue weighted by Crippen LogP contribution is 2.17. The standard InChI is InChI=1S/C13H18N2O5S/c1-8-3-4-9(2)11(7-8)21(19,20)15-10(13(17)18)5-6-12(14)16/h3-4,7,10,15H,5-6H2,1-2H3,(H2,14,16)(H,17,18)/p-1/t10-/m0/s1. The monoisotopic (exact) mass is 313 g/mol. The largest absolute Gasteiger partial charge is 0.548 e. The van der Waals surface area contributed by atoms with Crippen LogP contribution in [0.15, 0.2) is 23.1 Å². The van der Waals surface area contributed by atoms with E-state index in [0.29, 0.717) is 5.56 Å². The highest BCUT2D eigenvalue weighted by molar-refractivity contribution is 7.89. The second kappa shape index (κ2) is 6.68. The third-order valence-corrected chi connectivity index (χ3v) is 4.51. The molecule has 1 rings (SSSR count). The van der Waals surface area contributed by atoms with Gasteiger partial charge in [-0.05, 0) is 37.5 Å². The summed E-state index contributed by atoms with van der Waals surface area (Å²) in [6, 6.07) is 3.30. The van der Waals surface area contributed by atoms with Crippen molar-refractivity contribution in [3.8, 4) is 0 Å². The van der Waals surface area contributed by atoms with Crippen molar-refractivity contribution in [3.63, 3.8) is 0 Å². The molecule has 1 aromatic carbocycles. The molecule has 21 heavy (non-hydrogen) atoms. The summed E-state index contributed by atoms with van der Waals surface area (Å²) in [5.74, 6) is -2.32. The minimum absolute atomic E-state index is 0.00664. The Morgan fingerprint density at radius 3 is 2.48 bits per heavy atom. The fourth-order valence-corrected chi connectivity index (χ4v) is 3.31. The molecule has 0 unspecified atom stereocenters. The molecule has 0 heterocycles. The van der Waals surface area contributed by atoms with E-state index in [4.69, 9.17) is 5.73 Å². The van der Waals surface area contributed by atoms with Gasteiger partial charge in [-0.15, -0.1) is 0 Å². The van der Waals surface area contributed by atoms with E-state index in [2.05, 4.69) is 0 Å². The number of aliphatic carboxylic acids is 1. The van der Waals surface area contributed by atoms with Gasteiger partial charge in [-0.3, -0.25) is 4.79 Å². The van der Waals surface area contributed by atoms with Crippen molar-refractivity contribution >= 4 is 21.9 Å². The lowest BCUT2D eigenvalue weighted by atomic mass is 10.2. The lowest BCUT2D eigenvalue weighted by Gasteiger charge is -2.20. The first kappa shape index (κ1) is 17.1. The fourth-order valence-electron chi connectivity index (χ4n) is 1.76. The summed E-state index contributed by atoms with van der Waals surface area (Å²) in [4.78, 5) is 21.7. The summed E-state index contributed by atoms with van der Waals surface area (Å²) >= 11 is 0. The van der Waals surface area contributed by atoms with Crippen LogP contribution in [0.1, 0.15) is 24.0 Å². The van der Waals surface area contributed by atoms with Crippen molar-refractivity contribution in [1.82, 2.24) is 4.72 Å². The van der Waals surface area contributed by atoms with Gasteiger partial charge in [0.15, 0.2) is 0 Å². The van der Waals surface area contributed by atoms with E-state index in [9.17, 15) is 23.1 Å². The predicted octanol–water partition coefficient (Wildman–Crippen LogP) is -1.03. The van der Waals surface area contributed by atoms with Gasteiger partial charge < -0.3 is 15.6 Å². The molecule has 0 radical (unpaired) electrons. The highest BCUT2D eigenvalue weighted by Gasteiger charge is 2.23. The Bertz CT molecular complexity index is 655. The summed E-state index contributed by atoms with van der Waals surface area (Å²) in [5, 5.41) is 11.0. The number of nitrogens with one attached hydrogen (secondary N) is 1. The van der Waals surface area contributed by atoms with Crippen LogP contribution >= 0.6 is 0 Å². The first-order chi connectivity index (χ1) is 9.63. The molecule has 0 aliphatic rings. The Morgan fingerprint density at radius 1 is 1.33 bits per heavy atom. The number of rotatable bonds is 7. The summed E-state index contributed by atoms with van der Waals surface area (Å²) in [6.07, 6.45) is -0.518. The van der Waals surface area contributed by atoms with Gasteiger partial charge in [-0.1, -0.05) is 12.1 Å². The molecule has 0 aliphatic heterocycles. The number of amides is 1. The molecule has 0 saturated heterocycles. The summed E-state index contributed by atoms with van der Waals surface area (Å²) in [7, 11) is -4.03. The van der Waals surface area contributed by atoms with Crippen molar-refractivity contribution < 1.29 is 23.1 Å². The zero-order valence-electron chi connectivity index (χ0n) is 11.8. The Balaban J connectivity index is 3.03. The molecule has 3 N–H and O–H groups in total. The number of hydrogen-bond acceptors (Lipinski definition) is 5. The minimum Gasteiger partial charge on any atom is -0.548 e. The van der Waals surface area contributed by atoms with Gasteiger partial charge >= 0.3 is 0 Å². The molecule has 1 amide bonds. The van der Waals surface area contributed by atoms with Crippen molar-refractivity contribution in [2.45, 2.75) is 37.6 Å². The molecule has 0 aliphatic carbocycles. The molecule has 1 aromatic rings. The van der Waals surface area contributed by atoms with Crippen molar-refractivity contribution in [3.05, 3.63) is 29.3 Å². The highest BCUT2D eigenvalue weighted by atomic mass is 32.2. The third kappa shape index (κ3) is 4.83. The van der Waals surface area contributed by atoms with E-state index in [-0.39, 0.29) is 17.7 Å². The maximum atomic E-state index is 12.2. The second-order valence-corrected chi connectivity index (χ2v) is 6.45. The molecular weight excluding hydrogens is 296 g/mol. The number of carboxylic acid groups (broad SMARTS) is 1. The van der Waals surface area contributed by atoms with Crippen LogP contribution in [-0.2, 0) is 19.6 Å². The average Bonchev–Trinajstić information content (AvgIpc) is 2.36. The zero-order chi connectivity index (χ0) is 16.2. The normalized spacial score (nSPS) is 12.9. The Kier molecular flexibility index (Phi) is 5.45. The maximum Gasteiger partial charge on any atom is 0.241 e. The van der Waals surface area contributed by atoms with Crippen LogP contribution < -0.4 is 15.6 Å². The van der Waals surface area contributed by atoms with E-state index in [1.54, 1.807) is 26.0 Å². The zero-order valence-corrected chi connectivity index (χ0v) is 12.6. The van der Waals surface area contributed by atoms with Crippen LogP contribution in [0.25, 0.3) is 0 Å². The number of sulfonamides is 1. The topological polar surface area (TPSA) is 129 Å².